The van der Waals surface area contributed by atoms with Gasteiger partial charge in [0.1, 0.15) is 16.5 Å². The van der Waals surface area contributed by atoms with E-state index in [2.05, 4.69) is 117 Å². The van der Waals surface area contributed by atoms with Gasteiger partial charge in [0, 0.05) is 0 Å². The molecule has 0 aromatic rings. The summed E-state index contributed by atoms with van der Waals surface area (Å²) in [6, 6.07) is 0.128. The minimum atomic E-state index is -4.03. The van der Waals surface area contributed by atoms with E-state index in [0.29, 0.717) is 0 Å². The molecule has 0 rings (SSSR count). The van der Waals surface area contributed by atoms with Crippen LogP contribution in [0, 0.1) is 0 Å². The largest absolute Gasteiger partial charge is 0.539 e. The van der Waals surface area contributed by atoms with Crippen LogP contribution in [0.2, 0.25) is 49.4 Å². The fourth-order valence-electron chi connectivity index (χ4n) is 4.86. The van der Waals surface area contributed by atoms with Crippen LogP contribution in [0.5, 0.6) is 0 Å². The van der Waals surface area contributed by atoms with E-state index in [0.717, 1.165) is 0 Å². The zero-order chi connectivity index (χ0) is 24.0. The Bertz CT molecular complexity index is 506. The molecule has 0 saturated carbocycles. The van der Waals surface area contributed by atoms with Gasteiger partial charge in [0.15, 0.2) is 0 Å². The molecule has 0 saturated heterocycles. The van der Waals surface area contributed by atoms with Crippen LogP contribution in [0.4, 0.5) is 4.11 Å². The Hall–Kier alpha value is 0.638. The predicted octanol–water partition coefficient (Wildman–Crippen LogP) is 6.50. The van der Waals surface area contributed by atoms with E-state index >= 15 is 4.11 Å². The van der Waals surface area contributed by atoms with E-state index in [1.807, 2.05) is 0 Å². The summed E-state index contributed by atoms with van der Waals surface area (Å²) in [5.74, 6) is 0. The van der Waals surface area contributed by atoms with Gasteiger partial charge in [-0.25, -0.2) is 4.11 Å². The molecule has 2 N–H and O–H groups in total. The Labute approximate surface area is 186 Å². The third-order valence-corrected chi connectivity index (χ3v) is 24.2. The Kier molecular flexibility index (Phi) is 9.07. The van der Waals surface area contributed by atoms with Crippen molar-refractivity contribution < 1.29 is 8.22 Å². The van der Waals surface area contributed by atoms with E-state index in [1.54, 1.807) is 0 Å². The molecule has 0 bridgehead atoms. The predicted molar refractivity (Wildman–Crippen MR) is 138 cm³/mol. The second kappa shape index (κ2) is 8.88. The highest BCUT2D eigenvalue weighted by Gasteiger charge is 2.66. The summed E-state index contributed by atoms with van der Waals surface area (Å²) >= 11 is 0. The van der Waals surface area contributed by atoms with Gasteiger partial charge in [-0.2, -0.15) is 0 Å². The summed E-state index contributed by atoms with van der Waals surface area (Å²) in [5, 5.41) is 6.61. The van der Waals surface area contributed by atoms with Crippen LogP contribution in [-0.2, 0) is 4.12 Å². The molecule has 0 atom stereocenters. The Morgan fingerprint density at radius 1 is 0.690 bits per heavy atom. The summed E-state index contributed by atoms with van der Waals surface area (Å²) in [4.78, 5) is 0. The molecule has 0 aromatic heterocycles. The van der Waals surface area contributed by atoms with Gasteiger partial charge in [-0.15, -0.1) is 0 Å². The third kappa shape index (κ3) is 6.33. The molecule has 0 heterocycles. The molecule has 176 valence electrons. The van der Waals surface area contributed by atoms with E-state index < -0.39 is 33.9 Å². The van der Waals surface area contributed by atoms with Crippen LogP contribution in [0.1, 0.15) is 69.2 Å². The van der Waals surface area contributed by atoms with Gasteiger partial charge in [0.25, 0.3) is 8.48 Å². The number of hydrogen-bond acceptors (Lipinski definition) is 4. The fraction of sp³-hybridized carbons (Fsp3) is 1.00. The number of rotatable bonds is 8. The Morgan fingerprint density at radius 3 is 1.07 bits per heavy atom. The fourth-order valence-corrected chi connectivity index (χ4v) is 25.0. The van der Waals surface area contributed by atoms with Crippen LogP contribution in [0.25, 0.3) is 0 Å². The molecule has 0 aliphatic carbocycles. The zero-order valence-corrected chi connectivity index (χ0v) is 26.4. The van der Waals surface area contributed by atoms with Crippen LogP contribution in [0.3, 0.4) is 0 Å². The van der Waals surface area contributed by atoms with Gasteiger partial charge >= 0.3 is 8.97 Å². The van der Waals surface area contributed by atoms with Crippen molar-refractivity contribution in [1.82, 2.24) is 8.46 Å². The normalized spacial score (nSPS) is 15.9. The van der Waals surface area contributed by atoms with Crippen molar-refractivity contribution in [2.45, 2.75) is 131 Å². The lowest BCUT2D eigenvalue weighted by Gasteiger charge is -2.58. The van der Waals surface area contributed by atoms with E-state index in [1.165, 1.54) is 0 Å². The maximum absolute atomic E-state index is 18.0. The maximum Gasteiger partial charge on any atom is 0.539 e. The smallest absolute Gasteiger partial charge is 0.396 e. The molecular formula is C20H52FN3OSi4. The first-order valence-electron chi connectivity index (χ1n) is 11.1. The molecule has 0 amide bonds. The van der Waals surface area contributed by atoms with Gasteiger partial charge in [-0.05, 0) is 22.2 Å². The number of hydrogen-bond donors (Lipinski definition) is 1. The topological polar surface area (TPSA) is 41.7 Å². The van der Waals surface area contributed by atoms with Crippen LogP contribution < -0.4 is 5.40 Å². The quantitative estimate of drug-likeness (QED) is 0.317. The minimum Gasteiger partial charge on any atom is -0.396 e. The van der Waals surface area contributed by atoms with E-state index in [9.17, 15) is 0 Å². The van der Waals surface area contributed by atoms with Crippen molar-refractivity contribution >= 4 is 33.9 Å². The summed E-state index contributed by atoms with van der Waals surface area (Å²) in [6.07, 6.45) is 0. The van der Waals surface area contributed by atoms with Crippen molar-refractivity contribution in [2.75, 3.05) is 0 Å². The van der Waals surface area contributed by atoms with Crippen LogP contribution in [0.15, 0.2) is 0 Å². The number of halogens is 1. The van der Waals surface area contributed by atoms with Gasteiger partial charge < -0.3 is 9.51 Å². The highest BCUT2D eigenvalue weighted by Crippen LogP contribution is 2.51. The van der Waals surface area contributed by atoms with E-state index in [4.69, 9.17) is 9.51 Å². The van der Waals surface area contributed by atoms with Crippen LogP contribution >= 0.6 is 0 Å². The van der Waals surface area contributed by atoms with Gasteiger partial charge in [0.05, 0.1) is 0 Å². The summed E-state index contributed by atoms with van der Waals surface area (Å²) in [6.45, 7) is 34.6. The van der Waals surface area contributed by atoms with Gasteiger partial charge in [-0.1, -0.05) is 109 Å². The number of nitrogens with zero attached hydrogens (tertiary/aromatic N) is 2. The first-order valence-corrected chi connectivity index (χ1v) is 21.7. The molecule has 4 nitrogen and oxygen atoms in total. The molecule has 0 aliphatic heterocycles. The van der Waals surface area contributed by atoms with E-state index in [-0.39, 0.29) is 22.2 Å². The second-order valence-corrected chi connectivity index (χ2v) is 31.0. The monoisotopic (exact) mass is 481 g/mol. The van der Waals surface area contributed by atoms with Crippen molar-refractivity contribution in [3.63, 3.8) is 0 Å². The second-order valence-electron chi connectivity index (χ2n) is 13.1. The molecule has 9 heteroatoms. The molecule has 29 heavy (non-hydrogen) atoms. The standard InChI is InChI=1S/C20H52FN3OSi4/c1-17(2)23(26(11,12)13)29(21,24(18(3)4)27(14,15)16)25-28(22,19(5,6)7)20(8,9)10/h17-18H,22H2,1-16H3. The van der Waals surface area contributed by atoms with Crippen molar-refractivity contribution in [3.05, 3.63) is 0 Å². The highest BCUT2D eigenvalue weighted by atomic mass is 28.5. The average molecular weight is 482 g/mol. The lowest BCUT2D eigenvalue weighted by Crippen LogP contribution is -2.82. The SMILES string of the molecule is CC(C)N([Si](C)(C)C)[Si](F)(O[Si](N)(C(C)(C)C)C(C)(C)C)N(C(C)C)[Si](C)(C)C. The minimum absolute atomic E-state index is 0.0640. The van der Waals surface area contributed by atoms with Gasteiger partial charge in [0.2, 0.25) is 0 Å². The zero-order valence-electron chi connectivity index (χ0n) is 22.4. The molecule has 0 aliphatic rings. The van der Waals surface area contributed by atoms with Gasteiger partial charge in [-0.3, -0.25) is 8.46 Å². The molecule has 0 fully saturated rings. The summed E-state index contributed by atoms with van der Waals surface area (Å²) in [7, 11) is -11.1. The third-order valence-electron chi connectivity index (χ3n) is 5.59. The van der Waals surface area contributed by atoms with Crippen LogP contribution in [-0.4, -0.2) is 54.5 Å². The Morgan fingerprint density at radius 2 is 0.931 bits per heavy atom. The van der Waals surface area contributed by atoms with Crippen molar-refractivity contribution in [1.29, 1.82) is 0 Å². The first-order chi connectivity index (χ1) is 12.3. The molecule has 0 aromatic carbocycles. The first kappa shape index (κ1) is 29.6. The lowest BCUT2D eigenvalue weighted by molar-refractivity contribution is 0.227. The number of nitrogens with two attached hydrogens (primary N) is 1. The molecule has 0 radical (unpaired) electrons. The average Bonchev–Trinajstić information content (AvgIpc) is 2.29. The summed E-state index contributed by atoms with van der Waals surface area (Å²) < 4.78 is 29.3. The molecule has 0 unspecified atom stereocenters. The maximum atomic E-state index is 18.0. The van der Waals surface area contributed by atoms with Crippen molar-refractivity contribution in [3.8, 4) is 0 Å². The summed E-state index contributed by atoms with van der Waals surface area (Å²) in [5.41, 5.74) is 0. The molecule has 0 spiro atoms. The lowest BCUT2D eigenvalue weighted by atomic mass is 10.2. The highest BCUT2D eigenvalue weighted by molar-refractivity contribution is 6.95. The Balaban J connectivity index is 7.15. The molecular weight excluding hydrogens is 430 g/mol. The van der Waals surface area contributed by atoms with Crippen molar-refractivity contribution in [2.24, 2.45) is 5.40 Å².